The second-order valence-corrected chi connectivity index (χ2v) is 7.15. The van der Waals surface area contributed by atoms with Crippen LogP contribution in [0.1, 0.15) is 39.7 Å². The summed E-state index contributed by atoms with van der Waals surface area (Å²) in [4.78, 5) is 6.80. The highest BCUT2D eigenvalue weighted by Crippen LogP contribution is 2.34. The van der Waals surface area contributed by atoms with Crippen molar-refractivity contribution in [3.05, 3.63) is 17.7 Å². The first-order valence-electron chi connectivity index (χ1n) is 9.87. The van der Waals surface area contributed by atoms with Gasteiger partial charge >= 0.3 is 0 Å². The van der Waals surface area contributed by atoms with Crippen LogP contribution in [0.15, 0.2) is 17.1 Å². The maximum atomic E-state index is 5.48. The number of methoxy groups -OCH3 is 3. The molecule has 2 N–H and O–H groups in total. The SMILES string of the molecule is CN=C(NCCCN(C(C)C)C(C)C)NCc1cc(OC)c(OC)cc1OC.I. The van der Waals surface area contributed by atoms with Crippen LogP contribution in [0.5, 0.6) is 17.2 Å². The molecule has 0 bridgehead atoms. The molecule has 0 aliphatic carbocycles. The van der Waals surface area contributed by atoms with Crippen LogP contribution >= 0.6 is 24.0 Å². The molecular weight excluding hydrogens is 483 g/mol. The minimum absolute atomic E-state index is 0. The second-order valence-electron chi connectivity index (χ2n) is 7.15. The molecule has 0 aliphatic heterocycles. The summed E-state index contributed by atoms with van der Waals surface area (Å²) < 4.78 is 16.2. The highest BCUT2D eigenvalue weighted by atomic mass is 127. The van der Waals surface area contributed by atoms with Gasteiger partial charge in [0, 0.05) is 50.4 Å². The van der Waals surface area contributed by atoms with E-state index >= 15 is 0 Å². The standard InChI is InChI=1S/C21H38N4O3.HI/c1-15(2)25(16(3)4)11-9-10-23-21(22-5)24-14-17-12-19(27-7)20(28-8)13-18(17)26-6;/h12-13,15-16H,9-11,14H2,1-8H3,(H2,22,23,24);1H. The van der Waals surface area contributed by atoms with Crippen molar-refractivity contribution in [1.29, 1.82) is 0 Å². The van der Waals surface area contributed by atoms with Crippen LogP contribution in [-0.2, 0) is 6.54 Å². The first-order chi connectivity index (χ1) is 13.4. The summed E-state index contributed by atoms with van der Waals surface area (Å²) in [6.07, 6.45) is 1.05. The third-order valence-electron chi connectivity index (χ3n) is 4.67. The van der Waals surface area contributed by atoms with E-state index in [2.05, 4.69) is 48.2 Å². The number of benzene rings is 1. The lowest BCUT2D eigenvalue weighted by molar-refractivity contribution is 0.173. The van der Waals surface area contributed by atoms with Gasteiger partial charge in [-0.15, -0.1) is 24.0 Å². The average Bonchev–Trinajstić information content (AvgIpc) is 2.68. The topological polar surface area (TPSA) is 67.4 Å². The lowest BCUT2D eigenvalue weighted by Gasteiger charge is -2.30. The fraction of sp³-hybridized carbons (Fsp3) is 0.667. The van der Waals surface area contributed by atoms with Crippen LogP contribution in [0, 0.1) is 0 Å². The maximum Gasteiger partial charge on any atom is 0.191 e. The van der Waals surface area contributed by atoms with E-state index in [1.54, 1.807) is 28.4 Å². The molecule has 1 aromatic carbocycles. The summed E-state index contributed by atoms with van der Waals surface area (Å²) >= 11 is 0. The summed E-state index contributed by atoms with van der Waals surface area (Å²) in [7, 11) is 6.66. The Hall–Kier alpha value is -1.42. The monoisotopic (exact) mass is 522 g/mol. The predicted octanol–water partition coefficient (Wildman–Crippen LogP) is 3.50. The molecule has 0 spiro atoms. The largest absolute Gasteiger partial charge is 0.496 e. The van der Waals surface area contributed by atoms with Gasteiger partial charge in [-0.2, -0.15) is 0 Å². The highest BCUT2D eigenvalue weighted by molar-refractivity contribution is 14.0. The van der Waals surface area contributed by atoms with Gasteiger partial charge in [-0.3, -0.25) is 9.89 Å². The fourth-order valence-corrected chi connectivity index (χ4v) is 3.21. The summed E-state index contributed by atoms with van der Waals surface area (Å²) in [5, 5.41) is 6.71. The quantitative estimate of drug-likeness (QED) is 0.201. The Labute approximate surface area is 193 Å². The van der Waals surface area contributed by atoms with Gasteiger partial charge in [-0.25, -0.2) is 0 Å². The molecule has 0 atom stereocenters. The predicted molar refractivity (Wildman–Crippen MR) is 131 cm³/mol. The zero-order chi connectivity index (χ0) is 21.1. The van der Waals surface area contributed by atoms with Crippen molar-refractivity contribution < 1.29 is 14.2 Å². The van der Waals surface area contributed by atoms with Crippen molar-refractivity contribution in [2.75, 3.05) is 41.5 Å². The molecule has 0 aromatic heterocycles. The van der Waals surface area contributed by atoms with Crippen molar-refractivity contribution in [3.63, 3.8) is 0 Å². The molecular formula is C21H39IN4O3. The van der Waals surface area contributed by atoms with E-state index in [1.165, 1.54) is 0 Å². The van der Waals surface area contributed by atoms with Crippen LogP contribution in [-0.4, -0.2) is 64.4 Å². The smallest absolute Gasteiger partial charge is 0.191 e. The van der Waals surface area contributed by atoms with Crippen LogP contribution in [0.2, 0.25) is 0 Å². The van der Waals surface area contributed by atoms with Gasteiger partial charge in [-0.1, -0.05) is 0 Å². The number of aliphatic imine (C=N–C) groups is 1. The number of halogens is 1. The van der Waals surface area contributed by atoms with Gasteiger partial charge < -0.3 is 24.8 Å². The van der Waals surface area contributed by atoms with E-state index in [0.717, 1.165) is 36.8 Å². The van der Waals surface area contributed by atoms with E-state index in [-0.39, 0.29) is 24.0 Å². The van der Waals surface area contributed by atoms with Crippen molar-refractivity contribution in [2.24, 2.45) is 4.99 Å². The van der Waals surface area contributed by atoms with E-state index in [0.29, 0.717) is 30.1 Å². The number of guanidine groups is 1. The minimum Gasteiger partial charge on any atom is -0.496 e. The van der Waals surface area contributed by atoms with Crippen LogP contribution in [0.4, 0.5) is 0 Å². The Morgan fingerprint density at radius 1 is 0.931 bits per heavy atom. The molecule has 0 radical (unpaired) electrons. The number of rotatable bonds is 11. The average molecular weight is 522 g/mol. The molecule has 0 saturated carbocycles. The zero-order valence-electron chi connectivity index (χ0n) is 19.2. The molecule has 7 nitrogen and oxygen atoms in total. The Kier molecular flexibility index (Phi) is 13.8. The number of hydrogen-bond acceptors (Lipinski definition) is 5. The van der Waals surface area contributed by atoms with Crippen molar-refractivity contribution in [1.82, 2.24) is 15.5 Å². The third kappa shape index (κ3) is 8.86. The molecule has 0 fully saturated rings. The highest BCUT2D eigenvalue weighted by Gasteiger charge is 2.13. The van der Waals surface area contributed by atoms with Crippen LogP contribution < -0.4 is 24.8 Å². The van der Waals surface area contributed by atoms with Gasteiger partial charge in [0.2, 0.25) is 0 Å². The van der Waals surface area contributed by atoms with E-state index < -0.39 is 0 Å². The van der Waals surface area contributed by atoms with Gasteiger partial charge in [0.05, 0.1) is 21.3 Å². The van der Waals surface area contributed by atoms with Crippen LogP contribution in [0.3, 0.4) is 0 Å². The van der Waals surface area contributed by atoms with E-state index in [9.17, 15) is 0 Å². The van der Waals surface area contributed by atoms with Crippen molar-refractivity contribution >= 4 is 29.9 Å². The van der Waals surface area contributed by atoms with Crippen LogP contribution in [0.25, 0.3) is 0 Å². The molecule has 1 aromatic rings. The molecule has 29 heavy (non-hydrogen) atoms. The fourth-order valence-electron chi connectivity index (χ4n) is 3.21. The number of hydrogen-bond donors (Lipinski definition) is 2. The lowest BCUT2D eigenvalue weighted by atomic mass is 10.1. The van der Waals surface area contributed by atoms with Crippen molar-refractivity contribution in [2.45, 2.75) is 52.7 Å². The lowest BCUT2D eigenvalue weighted by Crippen LogP contribution is -2.41. The number of ether oxygens (including phenoxy) is 3. The molecule has 0 aliphatic rings. The van der Waals surface area contributed by atoms with E-state index in [1.807, 2.05) is 12.1 Å². The first-order valence-corrected chi connectivity index (χ1v) is 9.87. The minimum atomic E-state index is 0. The third-order valence-corrected chi connectivity index (χ3v) is 4.67. The maximum absolute atomic E-state index is 5.48. The second kappa shape index (κ2) is 14.5. The molecule has 0 unspecified atom stereocenters. The van der Waals surface area contributed by atoms with Gasteiger partial charge in [0.25, 0.3) is 0 Å². The summed E-state index contributed by atoms with van der Waals surface area (Å²) in [5.41, 5.74) is 0.967. The molecule has 1 rings (SSSR count). The Morgan fingerprint density at radius 3 is 1.97 bits per heavy atom. The molecule has 0 amide bonds. The molecule has 168 valence electrons. The Morgan fingerprint density at radius 2 is 1.48 bits per heavy atom. The van der Waals surface area contributed by atoms with E-state index in [4.69, 9.17) is 14.2 Å². The summed E-state index contributed by atoms with van der Waals surface area (Å²) in [6, 6.07) is 4.85. The summed E-state index contributed by atoms with van der Waals surface area (Å²) in [6.45, 7) is 11.4. The van der Waals surface area contributed by atoms with Gasteiger partial charge in [0.15, 0.2) is 17.5 Å². The molecule has 0 saturated heterocycles. The number of nitrogens with one attached hydrogen (secondary N) is 2. The van der Waals surface area contributed by atoms with Gasteiger partial charge in [-0.05, 0) is 40.2 Å². The zero-order valence-corrected chi connectivity index (χ0v) is 21.5. The first kappa shape index (κ1) is 27.6. The van der Waals surface area contributed by atoms with Crippen molar-refractivity contribution in [3.8, 4) is 17.2 Å². The summed E-state index contributed by atoms with van der Waals surface area (Å²) in [5.74, 6) is 2.82. The molecule has 0 heterocycles. The van der Waals surface area contributed by atoms with Gasteiger partial charge in [0.1, 0.15) is 5.75 Å². The number of nitrogens with zero attached hydrogens (tertiary/aromatic N) is 2. The normalized spacial score (nSPS) is 11.5. The molecule has 8 heteroatoms. The Balaban J connectivity index is 0.00000784. The Bertz CT molecular complexity index is 616.